The van der Waals surface area contributed by atoms with Crippen LogP contribution in [0.15, 0.2) is 143 Å². The summed E-state index contributed by atoms with van der Waals surface area (Å²) >= 11 is 7.74. The Labute approximate surface area is 266 Å². The van der Waals surface area contributed by atoms with Gasteiger partial charge >= 0.3 is 0 Å². The molecule has 1 aliphatic carbocycles. The van der Waals surface area contributed by atoms with E-state index in [1.54, 1.807) is 6.08 Å². The van der Waals surface area contributed by atoms with Gasteiger partial charge in [-0.15, -0.1) is 0 Å². The Bertz CT molecular complexity index is 2280. The number of halogens is 2. The fourth-order valence-corrected chi connectivity index (χ4v) is 8.22. The third kappa shape index (κ3) is 3.55. The smallest absolute Gasteiger partial charge is 0.143 e. The lowest BCUT2D eigenvalue weighted by atomic mass is 9.82. The van der Waals surface area contributed by atoms with Gasteiger partial charge in [0.15, 0.2) is 0 Å². The molecule has 0 amide bonds. The standard InChI is InChI=1S/C39H25Br2NO/c1-3-4-12-23(2)42-35-20-10-9-15-26(35)29-18-11-19-30(38(29)42)39(43)31-21-33(40)24-13-5-7-16-27(24)36(31)37-28-17-8-6-14-25(28)34(41)22-32(37)39/h3-22,43H,1-2H2/b12-4-. The van der Waals surface area contributed by atoms with Crippen LogP contribution in [-0.2, 0) is 5.60 Å². The summed E-state index contributed by atoms with van der Waals surface area (Å²) in [7, 11) is 0. The molecule has 0 saturated heterocycles. The average Bonchev–Trinajstić information content (AvgIpc) is 3.51. The van der Waals surface area contributed by atoms with Crippen LogP contribution in [0, 0.1) is 0 Å². The van der Waals surface area contributed by atoms with Gasteiger partial charge in [-0.1, -0.05) is 142 Å². The minimum absolute atomic E-state index is 0.792. The molecule has 8 rings (SSSR count). The molecule has 1 heterocycles. The molecule has 0 saturated carbocycles. The van der Waals surface area contributed by atoms with Gasteiger partial charge in [-0.05, 0) is 56.9 Å². The van der Waals surface area contributed by atoms with Crippen LogP contribution in [0.3, 0.4) is 0 Å². The van der Waals surface area contributed by atoms with Gasteiger partial charge in [-0.25, -0.2) is 0 Å². The van der Waals surface area contributed by atoms with Gasteiger partial charge in [0.2, 0.25) is 0 Å². The average molecular weight is 683 g/mol. The molecule has 0 unspecified atom stereocenters. The molecule has 0 radical (unpaired) electrons. The van der Waals surface area contributed by atoms with Crippen molar-refractivity contribution in [1.82, 2.24) is 4.57 Å². The molecule has 6 aromatic carbocycles. The van der Waals surface area contributed by atoms with Crippen molar-refractivity contribution in [3.05, 3.63) is 160 Å². The van der Waals surface area contributed by atoms with Crippen LogP contribution in [0.2, 0.25) is 0 Å². The Morgan fingerprint density at radius 2 is 1.16 bits per heavy atom. The van der Waals surface area contributed by atoms with Crippen LogP contribution < -0.4 is 0 Å². The lowest BCUT2D eigenvalue weighted by molar-refractivity contribution is 0.132. The molecule has 1 aromatic heterocycles. The van der Waals surface area contributed by atoms with E-state index in [0.717, 1.165) is 85.8 Å². The largest absolute Gasteiger partial charge is 0.376 e. The molecule has 0 bridgehead atoms. The van der Waals surface area contributed by atoms with Crippen molar-refractivity contribution in [3.63, 3.8) is 0 Å². The molecule has 43 heavy (non-hydrogen) atoms. The van der Waals surface area contributed by atoms with Gasteiger partial charge in [0.25, 0.3) is 0 Å². The highest BCUT2D eigenvalue weighted by Crippen LogP contribution is 2.58. The van der Waals surface area contributed by atoms with E-state index in [0.29, 0.717) is 0 Å². The van der Waals surface area contributed by atoms with Crippen LogP contribution >= 0.6 is 31.9 Å². The lowest BCUT2D eigenvalue weighted by Crippen LogP contribution is -2.27. The van der Waals surface area contributed by atoms with Crippen molar-refractivity contribution in [2.45, 2.75) is 5.60 Å². The van der Waals surface area contributed by atoms with Crippen LogP contribution in [0.5, 0.6) is 0 Å². The van der Waals surface area contributed by atoms with Gasteiger partial charge in [0, 0.05) is 42.1 Å². The number of rotatable bonds is 4. The Balaban J connectivity index is 1.60. The van der Waals surface area contributed by atoms with E-state index < -0.39 is 5.60 Å². The quantitative estimate of drug-likeness (QED) is 0.184. The third-order valence-electron chi connectivity index (χ3n) is 8.81. The van der Waals surface area contributed by atoms with Crippen LogP contribution in [0.4, 0.5) is 0 Å². The summed E-state index contributed by atoms with van der Waals surface area (Å²) in [5.41, 5.74) is 5.93. The molecule has 0 aliphatic heterocycles. The third-order valence-corrected chi connectivity index (χ3v) is 10.1. The summed E-state index contributed by atoms with van der Waals surface area (Å²) < 4.78 is 4.06. The first kappa shape index (κ1) is 26.4. The number of fused-ring (bicyclic) bond motifs is 10. The van der Waals surface area contributed by atoms with Crippen molar-refractivity contribution >= 4 is 80.9 Å². The van der Waals surface area contributed by atoms with E-state index in [9.17, 15) is 5.11 Å². The number of para-hydroxylation sites is 2. The first-order valence-corrected chi connectivity index (χ1v) is 15.7. The molecule has 0 fully saturated rings. The highest BCUT2D eigenvalue weighted by molar-refractivity contribution is 9.11. The van der Waals surface area contributed by atoms with Crippen LogP contribution in [0.25, 0.3) is 60.2 Å². The Morgan fingerprint density at radius 1 is 0.651 bits per heavy atom. The molecule has 4 heteroatoms. The summed E-state index contributed by atoms with van der Waals surface area (Å²) in [6, 6.07) is 35.7. The topological polar surface area (TPSA) is 25.2 Å². The van der Waals surface area contributed by atoms with Gasteiger partial charge in [-0.2, -0.15) is 0 Å². The number of hydrogen-bond donors (Lipinski definition) is 1. The molecule has 1 aliphatic rings. The number of aromatic nitrogens is 1. The fourth-order valence-electron chi connectivity index (χ4n) is 7.07. The molecule has 0 atom stereocenters. The summed E-state index contributed by atoms with van der Waals surface area (Å²) in [5, 5.41) is 20.1. The summed E-state index contributed by atoms with van der Waals surface area (Å²) in [5.74, 6) is 0. The maximum atomic E-state index is 13.5. The van der Waals surface area contributed by atoms with E-state index in [-0.39, 0.29) is 0 Å². The van der Waals surface area contributed by atoms with Gasteiger partial charge in [0.1, 0.15) is 5.60 Å². The summed E-state index contributed by atoms with van der Waals surface area (Å²) in [6.45, 7) is 8.32. The van der Waals surface area contributed by atoms with Crippen molar-refractivity contribution < 1.29 is 5.11 Å². The summed E-state index contributed by atoms with van der Waals surface area (Å²) in [4.78, 5) is 0. The van der Waals surface area contributed by atoms with Gasteiger partial charge < -0.3 is 9.67 Å². The van der Waals surface area contributed by atoms with Crippen molar-refractivity contribution in [2.24, 2.45) is 0 Å². The SMILES string of the molecule is C=C/C=C\C(=C)n1c2ccccc2c2cccc(C3(O)c4cc(Br)c5ccccc5c4-c4c3cc(Br)c3ccccc43)c21. The van der Waals surface area contributed by atoms with E-state index >= 15 is 0 Å². The van der Waals surface area contributed by atoms with Gasteiger partial charge in [0.05, 0.1) is 11.0 Å². The molecular formula is C39H25Br2NO. The highest BCUT2D eigenvalue weighted by Gasteiger charge is 2.47. The first-order chi connectivity index (χ1) is 20.9. The molecule has 206 valence electrons. The number of hydrogen-bond acceptors (Lipinski definition) is 1. The second kappa shape index (κ2) is 9.65. The molecule has 1 N–H and O–H groups in total. The Kier molecular flexibility index (Phi) is 5.93. The van der Waals surface area contributed by atoms with E-state index in [1.807, 2.05) is 18.2 Å². The predicted octanol–water partition coefficient (Wildman–Crippen LogP) is 11.1. The fraction of sp³-hybridized carbons (Fsp3) is 0.0256. The zero-order valence-corrected chi connectivity index (χ0v) is 26.3. The zero-order chi connectivity index (χ0) is 29.5. The number of allylic oxidation sites excluding steroid dienone is 4. The summed E-state index contributed by atoms with van der Waals surface area (Å²) in [6.07, 6.45) is 5.61. The van der Waals surface area contributed by atoms with E-state index in [1.165, 1.54) is 0 Å². The second-order valence-electron chi connectivity index (χ2n) is 11.0. The Morgan fingerprint density at radius 3 is 1.74 bits per heavy atom. The minimum Gasteiger partial charge on any atom is -0.376 e. The number of nitrogens with zero attached hydrogens (tertiary/aromatic N) is 1. The minimum atomic E-state index is -1.46. The van der Waals surface area contributed by atoms with Crippen molar-refractivity contribution in [3.8, 4) is 11.1 Å². The van der Waals surface area contributed by atoms with Crippen LogP contribution in [-0.4, -0.2) is 9.67 Å². The molecule has 2 nitrogen and oxygen atoms in total. The number of benzene rings is 6. The first-order valence-electron chi connectivity index (χ1n) is 14.1. The molecular weight excluding hydrogens is 658 g/mol. The Hall–Kier alpha value is -4.22. The molecule has 0 spiro atoms. The lowest BCUT2D eigenvalue weighted by Gasteiger charge is -2.29. The maximum Gasteiger partial charge on any atom is 0.143 e. The van der Waals surface area contributed by atoms with Gasteiger partial charge in [-0.3, -0.25) is 0 Å². The second-order valence-corrected chi connectivity index (χ2v) is 12.7. The van der Waals surface area contributed by atoms with Crippen molar-refractivity contribution in [2.75, 3.05) is 0 Å². The maximum absolute atomic E-state index is 13.5. The van der Waals surface area contributed by atoms with Crippen molar-refractivity contribution in [1.29, 1.82) is 0 Å². The molecule has 7 aromatic rings. The zero-order valence-electron chi connectivity index (χ0n) is 23.1. The normalized spacial score (nSPS) is 13.7. The number of aliphatic hydroxyl groups is 1. The van der Waals surface area contributed by atoms with E-state index in [2.05, 4.69) is 147 Å². The monoisotopic (exact) mass is 681 g/mol. The van der Waals surface area contributed by atoms with E-state index in [4.69, 9.17) is 0 Å². The highest BCUT2D eigenvalue weighted by atomic mass is 79.9. The van der Waals surface area contributed by atoms with Crippen LogP contribution in [0.1, 0.15) is 16.7 Å². The predicted molar refractivity (Wildman–Crippen MR) is 189 cm³/mol.